The summed E-state index contributed by atoms with van der Waals surface area (Å²) in [5, 5.41) is 0. The van der Waals surface area contributed by atoms with Gasteiger partial charge in [-0.25, -0.2) is 10.6 Å². The molecule has 6 heteroatoms. The minimum absolute atomic E-state index is 0.0489. The summed E-state index contributed by atoms with van der Waals surface area (Å²) in [6, 6.07) is -0.289. The van der Waals surface area contributed by atoms with E-state index in [-0.39, 0.29) is 11.9 Å². The molecular weight excluding hydrogens is 172 g/mol. The summed E-state index contributed by atoms with van der Waals surface area (Å²) in [5.74, 6) is 5.02. The van der Waals surface area contributed by atoms with Gasteiger partial charge in [0.1, 0.15) is 0 Å². The highest BCUT2D eigenvalue weighted by molar-refractivity contribution is 5.75. The van der Waals surface area contributed by atoms with E-state index in [0.717, 1.165) is 0 Å². The molecule has 0 bridgehead atoms. The molecule has 0 unspecified atom stereocenters. The second kappa shape index (κ2) is 4.08. The second-order valence-corrected chi connectivity index (χ2v) is 2.94. The van der Waals surface area contributed by atoms with Gasteiger partial charge in [0.15, 0.2) is 0 Å². The number of hydrazine groups is 1. The van der Waals surface area contributed by atoms with Crippen LogP contribution < -0.4 is 11.3 Å². The first-order chi connectivity index (χ1) is 6.15. The summed E-state index contributed by atoms with van der Waals surface area (Å²) in [7, 11) is 0. The van der Waals surface area contributed by atoms with Gasteiger partial charge in [0.05, 0.1) is 0 Å². The number of urea groups is 1. The number of carbonyl (C=O) groups is 2. The fourth-order valence-corrected chi connectivity index (χ4v) is 1.32. The SMILES string of the molecule is CC(=O)N1CCN(C(=O)NN)CC1. The van der Waals surface area contributed by atoms with Crippen molar-refractivity contribution >= 4 is 11.9 Å². The van der Waals surface area contributed by atoms with Crippen LogP contribution in [0.1, 0.15) is 6.92 Å². The van der Waals surface area contributed by atoms with Crippen molar-refractivity contribution in [2.24, 2.45) is 5.84 Å². The normalized spacial score (nSPS) is 17.1. The molecule has 0 spiro atoms. The minimum atomic E-state index is -0.289. The van der Waals surface area contributed by atoms with Gasteiger partial charge in [0.2, 0.25) is 5.91 Å². The molecule has 0 aromatic rings. The van der Waals surface area contributed by atoms with Crippen LogP contribution in [0, 0.1) is 0 Å². The van der Waals surface area contributed by atoms with E-state index in [1.54, 1.807) is 9.80 Å². The van der Waals surface area contributed by atoms with Gasteiger partial charge in [-0.3, -0.25) is 10.2 Å². The molecule has 0 radical (unpaired) electrons. The van der Waals surface area contributed by atoms with Crippen molar-refractivity contribution in [1.29, 1.82) is 0 Å². The Morgan fingerprint density at radius 2 is 1.62 bits per heavy atom. The summed E-state index contributed by atoms with van der Waals surface area (Å²) >= 11 is 0. The highest BCUT2D eigenvalue weighted by atomic mass is 16.2. The lowest BCUT2D eigenvalue weighted by Crippen LogP contribution is -2.53. The van der Waals surface area contributed by atoms with Gasteiger partial charge in [-0.1, -0.05) is 0 Å². The molecule has 0 aromatic carbocycles. The summed E-state index contributed by atoms with van der Waals surface area (Å²) < 4.78 is 0. The topological polar surface area (TPSA) is 78.7 Å². The number of nitrogens with two attached hydrogens (primary N) is 1. The zero-order chi connectivity index (χ0) is 9.84. The van der Waals surface area contributed by atoms with Crippen LogP contribution in [0.4, 0.5) is 4.79 Å². The van der Waals surface area contributed by atoms with Crippen molar-refractivity contribution in [3.63, 3.8) is 0 Å². The fraction of sp³-hybridized carbons (Fsp3) is 0.714. The molecule has 3 amide bonds. The number of nitrogens with one attached hydrogen (secondary N) is 1. The summed E-state index contributed by atoms with van der Waals surface area (Å²) in [6.45, 7) is 3.79. The highest BCUT2D eigenvalue weighted by Gasteiger charge is 2.21. The molecule has 6 nitrogen and oxygen atoms in total. The molecule has 1 rings (SSSR count). The van der Waals surface area contributed by atoms with E-state index in [2.05, 4.69) is 5.43 Å². The fourth-order valence-electron chi connectivity index (χ4n) is 1.32. The quantitative estimate of drug-likeness (QED) is 0.281. The predicted molar refractivity (Wildman–Crippen MR) is 46.5 cm³/mol. The lowest BCUT2D eigenvalue weighted by atomic mass is 10.3. The standard InChI is InChI=1S/C7H14N4O2/c1-6(12)10-2-4-11(5-3-10)7(13)9-8/h2-5,8H2,1H3,(H,9,13). The Bertz CT molecular complexity index is 211. The molecule has 0 aromatic heterocycles. The average molecular weight is 186 g/mol. The van der Waals surface area contributed by atoms with Crippen LogP contribution in [0.5, 0.6) is 0 Å². The second-order valence-electron chi connectivity index (χ2n) is 2.94. The van der Waals surface area contributed by atoms with E-state index in [9.17, 15) is 9.59 Å². The third kappa shape index (κ3) is 2.32. The van der Waals surface area contributed by atoms with Crippen LogP contribution in [-0.2, 0) is 4.79 Å². The van der Waals surface area contributed by atoms with Crippen molar-refractivity contribution in [2.75, 3.05) is 26.2 Å². The van der Waals surface area contributed by atoms with E-state index in [1.807, 2.05) is 0 Å². The Labute approximate surface area is 76.6 Å². The first kappa shape index (κ1) is 9.79. The molecule has 13 heavy (non-hydrogen) atoms. The lowest BCUT2D eigenvalue weighted by molar-refractivity contribution is -0.130. The van der Waals surface area contributed by atoms with Crippen LogP contribution >= 0.6 is 0 Å². The molecule has 3 N–H and O–H groups in total. The smallest absolute Gasteiger partial charge is 0.331 e. The molecule has 1 heterocycles. The molecule has 0 saturated carbocycles. The monoisotopic (exact) mass is 186 g/mol. The Hall–Kier alpha value is -1.30. The summed E-state index contributed by atoms with van der Waals surface area (Å²) in [4.78, 5) is 25.2. The maximum absolute atomic E-state index is 11.0. The largest absolute Gasteiger partial charge is 0.339 e. The van der Waals surface area contributed by atoms with Gasteiger partial charge in [-0.05, 0) is 0 Å². The van der Waals surface area contributed by atoms with Crippen molar-refractivity contribution in [3.05, 3.63) is 0 Å². The van der Waals surface area contributed by atoms with E-state index in [1.165, 1.54) is 6.92 Å². The molecule has 1 saturated heterocycles. The summed E-state index contributed by atoms with van der Waals surface area (Å²) in [5.41, 5.74) is 2.06. The Balaban J connectivity index is 2.39. The van der Waals surface area contributed by atoms with Gasteiger partial charge in [-0.15, -0.1) is 0 Å². The van der Waals surface area contributed by atoms with Gasteiger partial charge in [0, 0.05) is 33.1 Å². The first-order valence-corrected chi connectivity index (χ1v) is 4.16. The van der Waals surface area contributed by atoms with Gasteiger partial charge in [0.25, 0.3) is 0 Å². The Morgan fingerprint density at radius 1 is 1.15 bits per heavy atom. The van der Waals surface area contributed by atoms with Gasteiger partial charge < -0.3 is 9.80 Å². The van der Waals surface area contributed by atoms with Crippen LogP contribution in [-0.4, -0.2) is 47.9 Å². The predicted octanol–water partition coefficient (Wildman–Crippen LogP) is -1.27. The number of rotatable bonds is 0. The molecule has 0 atom stereocenters. The Kier molecular flexibility index (Phi) is 3.07. The number of hydrogen-bond acceptors (Lipinski definition) is 3. The first-order valence-electron chi connectivity index (χ1n) is 4.16. The zero-order valence-electron chi connectivity index (χ0n) is 7.62. The van der Waals surface area contributed by atoms with Gasteiger partial charge >= 0.3 is 6.03 Å². The highest BCUT2D eigenvalue weighted by Crippen LogP contribution is 2.01. The maximum atomic E-state index is 11.0. The number of amides is 3. The van der Waals surface area contributed by atoms with Crippen LogP contribution in [0.2, 0.25) is 0 Å². The molecule has 1 fully saturated rings. The molecule has 1 aliphatic rings. The third-order valence-electron chi connectivity index (χ3n) is 2.14. The van der Waals surface area contributed by atoms with Crippen LogP contribution in [0.25, 0.3) is 0 Å². The maximum Gasteiger partial charge on any atom is 0.331 e. The lowest BCUT2D eigenvalue weighted by Gasteiger charge is -2.33. The van der Waals surface area contributed by atoms with E-state index in [4.69, 9.17) is 5.84 Å². The van der Waals surface area contributed by atoms with Crippen molar-refractivity contribution < 1.29 is 9.59 Å². The molecule has 1 aliphatic heterocycles. The average Bonchev–Trinajstić information content (AvgIpc) is 2.17. The molecule has 74 valence electrons. The van der Waals surface area contributed by atoms with Crippen molar-refractivity contribution in [3.8, 4) is 0 Å². The minimum Gasteiger partial charge on any atom is -0.339 e. The summed E-state index contributed by atoms with van der Waals surface area (Å²) in [6.07, 6.45) is 0. The number of nitrogens with zero attached hydrogens (tertiary/aromatic N) is 2. The molecule has 0 aliphatic carbocycles. The van der Waals surface area contributed by atoms with E-state index < -0.39 is 0 Å². The Morgan fingerprint density at radius 3 is 2.00 bits per heavy atom. The van der Waals surface area contributed by atoms with Crippen LogP contribution in [0.3, 0.4) is 0 Å². The van der Waals surface area contributed by atoms with E-state index >= 15 is 0 Å². The van der Waals surface area contributed by atoms with Gasteiger partial charge in [-0.2, -0.15) is 0 Å². The zero-order valence-corrected chi connectivity index (χ0v) is 7.62. The molecular formula is C7H14N4O2. The third-order valence-corrected chi connectivity index (χ3v) is 2.14. The van der Waals surface area contributed by atoms with Crippen molar-refractivity contribution in [1.82, 2.24) is 15.2 Å². The number of hydrogen-bond donors (Lipinski definition) is 2. The number of piperazine rings is 1. The number of carbonyl (C=O) groups excluding carboxylic acids is 2. The van der Waals surface area contributed by atoms with Crippen LogP contribution in [0.15, 0.2) is 0 Å². The van der Waals surface area contributed by atoms with E-state index in [0.29, 0.717) is 26.2 Å². The van der Waals surface area contributed by atoms with Crippen molar-refractivity contribution in [2.45, 2.75) is 6.92 Å².